The Labute approximate surface area is 209 Å². The van der Waals surface area contributed by atoms with E-state index < -0.39 is 0 Å². The number of aromatic nitrogens is 3. The van der Waals surface area contributed by atoms with Crippen molar-refractivity contribution < 1.29 is 9.53 Å². The van der Waals surface area contributed by atoms with Gasteiger partial charge in [0.25, 0.3) is 0 Å². The molecule has 1 N–H and O–H groups in total. The molecule has 34 heavy (non-hydrogen) atoms. The molecule has 8 heteroatoms. The Kier molecular flexibility index (Phi) is 7.46. The smallest absolute Gasteiger partial charge is 0.323 e. The van der Waals surface area contributed by atoms with Crippen molar-refractivity contribution in [2.45, 2.75) is 79.1 Å². The summed E-state index contributed by atoms with van der Waals surface area (Å²) in [6.45, 7) is 5.48. The minimum atomic E-state index is -0.134. The predicted octanol–water partition coefficient (Wildman–Crippen LogP) is 5.98. The van der Waals surface area contributed by atoms with Gasteiger partial charge in [0.05, 0.1) is 34.0 Å². The van der Waals surface area contributed by atoms with Gasteiger partial charge < -0.3 is 9.72 Å². The average Bonchev–Trinajstić information content (AvgIpc) is 3.27. The number of hydrogen-bond donors (Lipinski definition) is 1. The Balaban J connectivity index is 1.34. The monoisotopic (exact) mass is 496 g/mol. The van der Waals surface area contributed by atoms with E-state index in [1.54, 1.807) is 11.8 Å². The Hall–Kier alpha value is -2.03. The predicted molar refractivity (Wildman–Crippen MR) is 138 cm³/mol. The quantitative estimate of drug-likeness (QED) is 0.318. The number of nitrogens with one attached hydrogen (secondary N) is 1. The Morgan fingerprint density at radius 2 is 2.12 bits per heavy atom. The average molecular weight is 497 g/mol. The van der Waals surface area contributed by atoms with Crippen LogP contribution in [0.4, 0.5) is 0 Å². The molecular weight excluding hydrogens is 464 g/mol. The molecule has 0 radical (unpaired) electrons. The van der Waals surface area contributed by atoms with E-state index in [1.807, 2.05) is 43.1 Å². The fourth-order valence-corrected chi connectivity index (χ4v) is 7.53. The van der Waals surface area contributed by atoms with Crippen molar-refractivity contribution in [1.29, 1.82) is 0 Å². The lowest BCUT2D eigenvalue weighted by Gasteiger charge is -2.38. The van der Waals surface area contributed by atoms with Gasteiger partial charge in [0, 0.05) is 17.6 Å². The molecule has 180 valence electrons. The first-order valence-corrected chi connectivity index (χ1v) is 14.1. The van der Waals surface area contributed by atoms with E-state index in [1.165, 1.54) is 16.2 Å². The summed E-state index contributed by atoms with van der Waals surface area (Å²) in [7, 11) is 0. The number of H-pyrrole nitrogens is 1. The van der Waals surface area contributed by atoms with Crippen molar-refractivity contribution in [2.75, 3.05) is 13.2 Å². The van der Waals surface area contributed by atoms with Crippen LogP contribution in [0.3, 0.4) is 0 Å². The number of imidazole rings is 1. The number of thioether (sulfide) groups is 2. The Morgan fingerprint density at radius 3 is 2.97 bits per heavy atom. The first kappa shape index (κ1) is 23.7. The van der Waals surface area contributed by atoms with Crippen molar-refractivity contribution in [3.8, 4) is 0 Å². The standard InChI is InChI=1S/C26H32N4O2S2/c1-3-32-25(31)21-12-6-7-16-30(21)17(2)33-22-14-15-27-24-18(22)9-8-13-23(24)34-26-28-19-10-4-5-11-20(19)29-26/h4-5,10-11,14-15,17,21,23H,3,6-9,12-13,16H2,1-2H3,(H,28,29). The SMILES string of the molecule is CCOC(=O)C1CCCCN1C(C)Sc1ccnc2c1CCCC2Sc1nc2ccccc2[nH]1. The second-order valence-corrected chi connectivity index (χ2v) is 11.5. The lowest BCUT2D eigenvalue weighted by atomic mass is 9.96. The molecule has 3 atom stereocenters. The molecule has 1 saturated heterocycles. The van der Waals surface area contributed by atoms with Crippen LogP contribution in [0.1, 0.15) is 62.5 Å². The number of aromatic amines is 1. The molecule has 0 bridgehead atoms. The zero-order valence-electron chi connectivity index (χ0n) is 19.8. The Bertz CT molecular complexity index is 1120. The van der Waals surface area contributed by atoms with Crippen LogP contribution in [0.2, 0.25) is 0 Å². The lowest BCUT2D eigenvalue weighted by Crippen LogP contribution is -2.48. The van der Waals surface area contributed by atoms with Crippen molar-refractivity contribution >= 4 is 40.5 Å². The highest BCUT2D eigenvalue weighted by atomic mass is 32.2. The van der Waals surface area contributed by atoms with E-state index in [9.17, 15) is 4.79 Å². The largest absolute Gasteiger partial charge is 0.465 e. The van der Waals surface area contributed by atoms with E-state index >= 15 is 0 Å². The number of rotatable bonds is 7. The number of carbonyl (C=O) groups excluding carboxylic acids is 1. The zero-order valence-corrected chi connectivity index (χ0v) is 21.5. The van der Waals surface area contributed by atoms with Crippen LogP contribution in [0.5, 0.6) is 0 Å². The number of hydrogen-bond acceptors (Lipinski definition) is 7. The van der Waals surface area contributed by atoms with Crippen LogP contribution >= 0.6 is 23.5 Å². The summed E-state index contributed by atoms with van der Waals surface area (Å²) < 4.78 is 5.38. The second kappa shape index (κ2) is 10.7. The van der Waals surface area contributed by atoms with Crippen LogP contribution in [-0.2, 0) is 16.0 Å². The van der Waals surface area contributed by atoms with E-state index in [0.29, 0.717) is 11.9 Å². The van der Waals surface area contributed by atoms with Crippen molar-refractivity contribution in [3.05, 3.63) is 47.8 Å². The van der Waals surface area contributed by atoms with Gasteiger partial charge in [-0.25, -0.2) is 4.98 Å². The van der Waals surface area contributed by atoms with Crippen molar-refractivity contribution in [3.63, 3.8) is 0 Å². The number of carbonyl (C=O) groups is 1. The third-order valence-electron chi connectivity index (χ3n) is 6.73. The molecule has 1 aromatic carbocycles. The topological polar surface area (TPSA) is 71.1 Å². The van der Waals surface area contributed by atoms with Crippen LogP contribution in [0.15, 0.2) is 46.6 Å². The maximum atomic E-state index is 12.6. The summed E-state index contributed by atoms with van der Waals surface area (Å²) in [4.78, 5) is 29.3. The van der Waals surface area contributed by atoms with Gasteiger partial charge in [0.2, 0.25) is 0 Å². The summed E-state index contributed by atoms with van der Waals surface area (Å²) in [5.74, 6) is -0.0753. The summed E-state index contributed by atoms with van der Waals surface area (Å²) in [6, 6.07) is 10.2. The molecule has 3 unspecified atom stereocenters. The van der Waals surface area contributed by atoms with Gasteiger partial charge in [0.1, 0.15) is 6.04 Å². The number of ether oxygens (including phenoxy) is 1. The van der Waals surface area contributed by atoms with E-state index in [2.05, 4.69) is 28.9 Å². The van der Waals surface area contributed by atoms with E-state index in [0.717, 1.165) is 61.3 Å². The summed E-state index contributed by atoms with van der Waals surface area (Å²) in [6.07, 6.45) is 8.35. The number of likely N-dealkylation sites (tertiary alicyclic amines) is 1. The molecule has 1 aliphatic carbocycles. The fraction of sp³-hybridized carbons (Fsp3) is 0.500. The summed E-state index contributed by atoms with van der Waals surface area (Å²) in [5.41, 5.74) is 4.63. The number of fused-ring (bicyclic) bond motifs is 2. The van der Waals surface area contributed by atoms with Gasteiger partial charge in [-0.05, 0) is 69.7 Å². The maximum Gasteiger partial charge on any atom is 0.323 e. The molecule has 0 spiro atoms. The molecule has 5 rings (SSSR count). The molecule has 1 fully saturated rings. The van der Waals surface area contributed by atoms with Crippen LogP contribution in [0.25, 0.3) is 11.0 Å². The minimum absolute atomic E-state index is 0.0753. The molecule has 3 heterocycles. The minimum Gasteiger partial charge on any atom is -0.465 e. The number of esters is 1. The lowest BCUT2D eigenvalue weighted by molar-refractivity contribution is -0.151. The normalized spacial score (nSPS) is 21.8. The fourth-order valence-electron chi connectivity index (χ4n) is 5.10. The highest BCUT2D eigenvalue weighted by molar-refractivity contribution is 8.00. The molecular formula is C26H32N4O2S2. The molecule has 3 aromatic rings. The number of pyridine rings is 1. The van der Waals surface area contributed by atoms with Gasteiger partial charge in [0.15, 0.2) is 5.16 Å². The van der Waals surface area contributed by atoms with E-state index in [-0.39, 0.29) is 17.4 Å². The van der Waals surface area contributed by atoms with Crippen LogP contribution in [-0.4, -0.2) is 50.4 Å². The number of benzene rings is 1. The van der Waals surface area contributed by atoms with Gasteiger partial charge in [-0.2, -0.15) is 0 Å². The highest BCUT2D eigenvalue weighted by Gasteiger charge is 2.34. The third kappa shape index (κ3) is 4.99. The summed E-state index contributed by atoms with van der Waals surface area (Å²) in [5, 5.41) is 1.45. The number of nitrogens with zero attached hydrogens (tertiary/aromatic N) is 3. The molecule has 6 nitrogen and oxygen atoms in total. The highest BCUT2D eigenvalue weighted by Crippen LogP contribution is 2.45. The Morgan fingerprint density at radius 1 is 1.24 bits per heavy atom. The van der Waals surface area contributed by atoms with Gasteiger partial charge in [-0.3, -0.25) is 14.7 Å². The molecule has 0 amide bonds. The van der Waals surface area contributed by atoms with Crippen molar-refractivity contribution in [1.82, 2.24) is 19.9 Å². The van der Waals surface area contributed by atoms with Crippen molar-refractivity contribution in [2.24, 2.45) is 0 Å². The van der Waals surface area contributed by atoms with Gasteiger partial charge in [-0.1, -0.05) is 30.3 Å². The molecule has 0 saturated carbocycles. The first-order valence-electron chi connectivity index (χ1n) is 12.3. The van der Waals surface area contributed by atoms with Gasteiger partial charge in [-0.15, -0.1) is 11.8 Å². The zero-order chi connectivity index (χ0) is 23.5. The third-order valence-corrected chi connectivity index (χ3v) is 9.14. The number of para-hydroxylation sites is 2. The van der Waals surface area contributed by atoms with E-state index in [4.69, 9.17) is 14.7 Å². The van der Waals surface area contributed by atoms with Crippen LogP contribution < -0.4 is 0 Å². The maximum absolute atomic E-state index is 12.6. The second-order valence-electron chi connectivity index (χ2n) is 8.95. The molecule has 2 aliphatic rings. The first-order chi connectivity index (χ1) is 16.6. The molecule has 1 aliphatic heterocycles. The summed E-state index contributed by atoms with van der Waals surface area (Å²) >= 11 is 3.65. The van der Waals surface area contributed by atoms with Gasteiger partial charge >= 0.3 is 5.97 Å². The number of piperidine rings is 1. The van der Waals surface area contributed by atoms with Crippen LogP contribution in [0, 0.1) is 0 Å². The molecule has 2 aromatic heterocycles.